The number of benzene rings is 1. The molecule has 0 saturated heterocycles. The standard InChI is InChI=1S/C19H20N4O2S2/c1-12-10-26-18(20-12)22-16(24)11-27-19-21-15-9-5-4-8-14(15)17(25)23(19)13-6-2-3-7-13/h4-5,8-10,13H,2-3,6-7,11H2,1H3,(H,20,22,24). The maximum Gasteiger partial charge on any atom is 0.262 e. The Morgan fingerprint density at radius 2 is 2.07 bits per heavy atom. The van der Waals surface area contributed by atoms with Gasteiger partial charge in [0.05, 0.1) is 22.3 Å². The van der Waals surface area contributed by atoms with Crippen LogP contribution in [-0.4, -0.2) is 26.2 Å². The number of amides is 1. The van der Waals surface area contributed by atoms with E-state index in [2.05, 4.69) is 10.3 Å². The molecule has 140 valence electrons. The quantitative estimate of drug-likeness (QED) is 0.517. The predicted molar refractivity (Wildman–Crippen MR) is 110 cm³/mol. The summed E-state index contributed by atoms with van der Waals surface area (Å²) in [4.78, 5) is 34.3. The number of thiazole rings is 1. The highest BCUT2D eigenvalue weighted by atomic mass is 32.2. The number of hydrogen-bond acceptors (Lipinski definition) is 6. The summed E-state index contributed by atoms with van der Waals surface area (Å²) in [6.45, 7) is 1.89. The maximum atomic E-state index is 13.1. The van der Waals surface area contributed by atoms with E-state index in [-0.39, 0.29) is 23.3 Å². The van der Waals surface area contributed by atoms with Gasteiger partial charge < -0.3 is 5.32 Å². The van der Waals surface area contributed by atoms with E-state index in [4.69, 9.17) is 4.98 Å². The van der Waals surface area contributed by atoms with Crippen molar-refractivity contribution in [1.29, 1.82) is 0 Å². The van der Waals surface area contributed by atoms with Crippen LogP contribution in [-0.2, 0) is 4.79 Å². The fraction of sp³-hybridized carbons (Fsp3) is 0.368. The summed E-state index contributed by atoms with van der Waals surface area (Å²) in [6, 6.07) is 7.57. The molecule has 6 nitrogen and oxygen atoms in total. The molecule has 1 fully saturated rings. The SMILES string of the molecule is Cc1csc(NC(=O)CSc2nc3ccccc3c(=O)n2C2CCCC2)n1. The third-order valence-electron chi connectivity index (χ3n) is 4.66. The number of aryl methyl sites for hydroxylation is 1. The summed E-state index contributed by atoms with van der Waals surface area (Å²) in [5.41, 5.74) is 1.55. The van der Waals surface area contributed by atoms with Crippen molar-refractivity contribution in [2.75, 3.05) is 11.1 Å². The summed E-state index contributed by atoms with van der Waals surface area (Å²) >= 11 is 2.72. The molecule has 0 bridgehead atoms. The lowest BCUT2D eigenvalue weighted by atomic mass is 10.2. The van der Waals surface area contributed by atoms with Gasteiger partial charge in [0.15, 0.2) is 10.3 Å². The zero-order valence-electron chi connectivity index (χ0n) is 15.0. The minimum Gasteiger partial charge on any atom is -0.301 e. The molecule has 1 saturated carbocycles. The Kier molecular flexibility index (Phi) is 5.27. The van der Waals surface area contributed by atoms with Crippen molar-refractivity contribution >= 4 is 45.0 Å². The van der Waals surface area contributed by atoms with Gasteiger partial charge >= 0.3 is 0 Å². The molecule has 3 aromatic rings. The van der Waals surface area contributed by atoms with E-state index >= 15 is 0 Å². The Morgan fingerprint density at radius 1 is 1.30 bits per heavy atom. The van der Waals surface area contributed by atoms with Gasteiger partial charge in [0.2, 0.25) is 5.91 Å². The lowest BCUT2D eigenvalue weighted by Crippen LogP contribution is -2.27. The first-order valence-corrected chi connectivity index (χ1v) is 10.8. The highest BCUT2D eigenvalue weighted by molar-refractivity contribution is 7.99. The van der Waals surface area contributed by atoms with Crippen molar-refractivity contribution in [2.45, 2.75) is 43.8 Å². The first kappa shape index (κ1) is 18.2. The highest BCUT2D eigenvalue weighted by Gasteiger charge is 2.23. The Morgan fingerprint density at radius 3 is 2.81 bits per heavy atom. The summed E-state index contributed by atoms with van der Waals surface area (Å²) < 4.78 is 1.81. The summed E-state index contributed by atoms with van der Waals surface area (Å²) in [7, 11) is 0. The molecule has 0 aliphatic heterocycles. The van der Waals surface area contributed by atoms with Crippen LogP contribution in [0.4, 0.5) is 5.13 Å². The molecule has 0 unspecified atom stereocenters. The van der Waals surface area contributed by atoms with E-state index in [1.54, 1.807) is 4.57 Å². The zero-order valence-corrected chi connectivity index (χ0v) is 16.6. The molecule has 1 N–H and O–H groups in total. The number of carbonyl (C=O) groups is 1. The van der Waals surface area contributed by atoms with Gasteiger partial charge in [-0.2, -0.15) is 0 Å². The first-order valence-electron chi connectivity index (χ1n) is 8.98. The molecule has 0 atom stereocenters. The van der Waals surface area contributed by atoms with Crippen LogP contribution in [0.3, 0.4) is 0 Å². The number of para-hydroxylation sites is 1. The predicted octanol–water partition coefficient (Wildman–Crippen LogP) is 4.01. The van der Waals surface area contributed by atoms with E-state index in [9.17, 15) is 9.59 Å². The number of thioether (sulfide) groups is 1. The van der Waals surface area contributed by atoms with E-state index in [1.165, 1.54) is 23.1 Å². The molecule has 27 heavy (non-hydrogen) atoms. The minimum absolute atomic E-state index is 0.00837. The number of anilines is 1. The van der Waals surface area contributed by atoms with Crippen molar-refractivity contribution in [2.24, 2.45) is 0 Å². The Balaban J connectivity index is 1.60. The first-order chi connectivity index (χ1) is 13.1. The lowest BCUT2D eigenvalue weighted by Gasteiger charge is -2.18. The van der Waals surface area contributed by atoms with Crippen LogP contribution < -0.4 is 10.9 Å². The van der Waals surface area contributed by atoms with Crippen LogP contribution in [0.5, 0.6) is 0 Å². The molecule has 1 amide bonds. The molecule has 2 heterocycles. The molecule has 2 aromatic heterocycles. The fourth-order valence-electron chi connectivity index (χ4n) is 3.41. The van der Waals surface area contributed by atoms with Crippen molar-refractivity contribution in [1.82, 2.24) is 14.5 Å². The smallest absolute Gasteiger partial charge is 0.262 e. The van der Waals surface area contributed by atoms with E-state index in [1.807, 2.05) is 36.6 Å². The third kappa shape index (κ3) is 3.91. The van der Waals surface area contributed by atoms with Gasteiger partial charge in [-0.15, -0.1) is 11.3 Å². The number of aromatic nitrogens is 3. The van der Waals surface area contributed by atoms with Gasteiger partial charge in [0.1, 0.15) is 0 Å². The number of nitrogens with zero attached hydrogens (tertiary/aromatic N) is 3. The maximum absolute atomic E-state index is 13.1. The minimum atomic E-state index is -0.144. The Bertz CT molecular complexity index is 1040. The van der Waals surface area contributed by atoms with Crippen molar-refractivity contribution in [3.05, 3.63) is 45.7 Å². The van der Waals surface area contributed by atoms with Gasteiger partial charge in [-0.1, -0.05) is 36.7 Å². The number of fused-ring (bicyclic) bond motifs is 1. The lowest BCUT2D eigenvalue weighted by molar-refractivity contribution is -0.113. The van der Waals surface area contributed by atoms with Crippen LogP contribution in [0.15, 0.2) is 39.6 Å². The Hall–Kier alpha value is -2.19. The van der Waals surface area contributed by atoms with Gasteiger partial charge in [0, 0.05) is 11.4 Å². The summed E-state index contributed by atoms with van der Waals surface area (Å²) in [5, 5.41) is 6.55. The molecular weight excluding hydrogens is 380 g/mol. The number of carbonyl (C=O) groups excluding carboxylic acids is 1. The molecule has 0 radical (unpaired) electrons. The molecule has 0 spiro atoms. The summed E-state index contributed by atoms with van der Waals surface area (Å²) in [6.07, 6.45) is 4.21. The van der Waals surface area contributed by atoms with Crippen molar-refractivity contribution < 1.29 is 4.79 Å². The summed E-state index contributed by atoms with van der Waals surface area (Å²) in [5.74, 6) is 0.0468. The zero-order chi connectivity index (χ0) is 18.8. The largest absolute Gasteiger partial charge is 0.301 e. The highest BCUT2D eigenvalue weighted by Crippen LogP contribution is 2.32. The van der Waals surface area contributed by atoms with Crippen molar-refractivity contribution in [3.8, 4) is 0 Å². The molecule has 1 aliphatic carbocycles. The fourth-order valence-corrected chi connectivity index (χ4v) is 4.98. The van der Waals surface area contributed by atoms with Crippen LogP contribution in [0.1, 0.15) is 37.4 Å². The van der Waals surface area contributed by atoms with E-state index in [0.29, 0.717) is 21.2 Å². The number of hydrogen-bond donors (Lipinski definition) is 1. The second-order valence-corrected chi connectivity index (χ2v) is 8.46. The molecular formula is C19H20N4O2S2. The molecule has 8 heteroatoms. The van der Waals surface area contributed by atoms with Gasteiger partial charge in [-0.3, -0.25) is 14.2 Å². The van der Waals surface area contributed by atoms with E-state index < -0.39 is 0 Å². The number of nitrogens with one attached hydrogen (secondary N) is 1. The Labute approximate surface area is 165 Å². The van der Waals surface area contributed by atoms with Crippen molar-refractivity contribution in [3.63, 3.8) is 0 Å². The van der Waals surface area contributed by atoms with Crippen LogP contribution in [0.2, 0.25) is 0 Å². The van der Waals surface area contributed by atoms with Crippen LogP contribution >= 0.6 is 23.1 Å². The van der Waals surface area contributed by atoms with Gasteiger partial charge in [0.25, 0.3) is 5.56 Å². The molecule has 1 aliphatic rings. The number of rotatable bonds is 5. The van der Waals surface area contributed by atoms with Crippen LogP contribution in [0, 0.1) is 6.92 Å². The van der Waals surface area contributed by atoms with Gasteiger partial charge in [-0.05, 0) is 31.9 Å². The molecule has 1 aromatic carbocycles. The third-order valence-corrected chi connectivity index (χ3v) is 6.49. The molecule has 4 rings (SSSR count). The van der Waals surface area contributed by atoms with Gasteiger partial charge in [-0.25, -0.2) is 9.97 Å². The average molecular weight is 401 g/mol. The average Bonchev–Trinajstić information content (AvgIpc) is 3.32. The second-order valence-electron chi connectivity index (χ2n) is 6.66. The normalized spacial score (nSPS) is 14.7. The van der Waals surface area contributed by atoms with Crippen LogP contribution in [0.25, 0.3) is 10.9 Å². The second kappa shape index (κ2) is 7.82. The van der Waals surface area contributed by atoms with E-state index in [0.717, 1.165) is 31.4 Å². The topological polar surface area (TPSA) is 76.9 Å². The monoisotopic (exact) mass is 400 g/mol.